The SMILES string of the molecule is CCC(NC(=O)c1cccc(OC)c1)C(N)=S. The summed E-state index contributed by atoms with van der Waals surface area (Å²) < 4.78 is 5.05. The Hall–Kier alpha value is -1.62. The highest BCUT2D eigenvalue weighted by atomic mass is 32.1. The van der Waals surface area contributed by atoms with Crippen LogP contribution in [0.1, 0.15) is 23.7 Å². The standard InChI is InChI=1S/C12H16N2O2S/c1-3-10(11(13)17)14-12(15)8-5-4-6-9(7-8)16-2/h4-7,10H,3H2,1-2H3,(H2,13,17)(H,14,15). The van der Waals surface area contributed by atoms with Gasteiger partial charge in [-0.3, -0.25) is 4.79 Å². The van der Waals surface area contributed by atoms with Crippen molar-refractivity contribution in [2.24, 2.45) is 5.73 Å². The van der Waals surface area contributed by atoms with Gasteiger partial charge in [0.2, 0.25) is 0 Å². The maximum Gasteiger partial charge on any atom is 0.251 e. The average molecular weight is 252 g/mol. The van der Waals surface area contributed by atoms with Crippen molar-refractivity contribution in [1.82, 2.24) is 5.32 Å². The third-order valence-corrected chi connectivity index (χ3v) is 2.67. The van der Waals surface area contributed by atoms with E-state index in [0.29, 0.717) is 22.7 Å². The minimum atomic E-state index is -0.274. The van der Waals surface area contributed by atoms with Crippen molar-refractivity contribution in [2.45, 2.75) is 19.4 Å². The zero-order valence-corrected chi connectivity index (χ0v) is 10.7. The van der Waals surface area contributed by atoms with Crippen LogP contribution in [-0.4, -0.2) is 24.0 Å². The fourth-order valence-corrected chi connectivity index (χ4v) is 1.61. The van der Waals surface area contributed by atoms with E-state index in [0.717, 1.165) is 0 Å². The summed E-state index contributed by atoms with van der Waals surface area (Å²) in [6.07, 6.45) is 0.672. The molecule has 1 amide bonds. The number of rotatable bonds is 5. The minimum absolute atomic E-state index is 0.205. The molecule has 0 spiro atoms. The molecule has 0 radical (unpaired) electrons. The lowest BCUT2D eigenvalue weighted by Gasteiger charge is -2.15. The van der Waals surface area contributed by atoms with Gasteiger partial charge < -0.3 is 15.8 Å². The first kappa shape index (κ1) is 13.4. The summed E-state index contributed by atoms with van der Waals surface area (Å²) in [5.74, 6) is 0.435. The number of thiocarbonyl (C=S) groups is 1. The first-order chi connectivity index (χ1) is 8.08. The predicted molar refractivity (Wildman–Crippen MR) is 71.3 cm³/mol. The van der Waals surface area contributed by atoms with Crippen molar-refractivity contribution in [3.8, 4) is 5.75 Å². The Morgan fingerprint density at radius 1 is 1.59 bits per heavy atom. The maximum atomic E-state index is 11.9. The number of methoxy groups -OCH3 is 1. The topological polar surface area (TPSA) is 64.3 Å². The first-order valence-corrected chi connectivity index (χ1v) is 5.73. The Labute approximate surface area is 106 Å². The molecule has 0 heterocycles. The summed E-state index contributed by atoms with van der Waals surface area (Å²) in [5.41, 5.74) is 6.05. The highest BCUT2D eigenvalue weighted by Crippen LogP contribution is 2.12. The van der Waals surface area contributed by atoms with Crippen LogP contribution in [-0.2, 0) is 0 Å². The maximum absolute atomic E-state index is 11.9. The Bertz CT molecular complexity index is 421. The van der Waals surface area contributed by atoms with E-state index >= 15 is 0 Å². The molecule has 0 saturated heterocycles. The number of hydrogen-bond acceptors (Lipinski definition) is 3. The van der Waals surface area contributed by atoms with Crippen LogP contribution in [0, 0.1) is 0 Å². The number of carbonyl (C=O) groups excluding carboxylic acids is 1. The van der Waals surface area contributed by atoms with Crippen LogP contribution < -0.4 is 15.8 Å². The second kappa shape index (κ2) is 6.20. The molecule has 17 heavy (non-hydrogen) atoms. The lowest BCUT2D eigenvalue weighted by atomic mass is 10.1. The molecule has 1 unspecified atom stereocenters. The molecule has 0 aliphatic carbocycles. The van der Waals surface area contributed by atoms with Crippen LogP contribution in [0.2, 0.25) is 0 Å². The highest BCUT2D eigenvalue weighted by Gasteiger charge is 2.14. The minimum Gasteiger partial charge on any atom is -0.497 e. The molecular formula is C12H16N2O2S. The van der Waals surface area contributed by atoms with Gasteiger partial charge in [-0.2, -0.15) is 0 Å². The van der Waals surface area contributed by atoms with Crippen LogP contribution >= 0.6 is 12.2 Å². The van der Waals surface area contributed by atoms with Gasteiger partial charge in [0.1, 0.15) is 5.75 Å². The van der Waals surface area contributed by atoms with Crippen molar-refractivity contribution in [3.63, 3.8) is 0 Å². The van der Waals surface area contributed by atoms with E-state index in [1.54, 1.807) is 31.4 Å². The predicted octanol–water partition coefficient (Wildman–Crippen LogP) is 1.49. The highest BCUT2D eigenvalue weighted by molar-refractivity contribution is 7.80. The van der Waals surface area contributed by atoms with Crippen LogP contribution in [0.3, 0.4) is 0 Å². The molecule has 0 aromatic heterocycles. The third kappa shape index (κ3) is 3.71. The number of nitrogens with one attached hydrogen (secondary N) is 1. The van der Waals surface area contributed by atoms with E-state index in [2.05, 4.69) is 5.32 Å². The second-order valence-electron chi connectivity index (χ2n) is 3.57. The Morgan fingerprint density at radius 3 is 2.82 bits per heavy atom. The molecule has 1 aromatic rings. The zero-order chi connectivity index (χ0) is 12.8. The van der Waals surface area contributed by atoms with Gasteiger partial charge in [-0.25, -0.2) is 0 Å². The van der Waals surface area contributed by atoms with Gasteiger partial charge >= 0.3 is 0 Å². The molecule has 1 aromatic carbocycles. The van der Waals surface area contributed by atoms with Gasteiger partial charge in [0, 0.05) is 5.56 Å². The molecule has 0 aliphatic rings. The van der Waals surface area contributed by atoms with Crippen molar-refractivity contribution in [1.29, 1.82) is 0 Å². The van der Waals surface area contributed by atoms with Gasteiger partial charge in [-0.05, 0) is 24.6 Å². The quantitative estimate of drug-likeness (QED) is 0.779. The summed E-state index contributed by atoms with van der Waals surface area (Å²) in [6.45, 7) is 1.91. The molecule has 0 bridgehead atoms. The van der Waals surface area contributed by atoms with Crippen molar-refractivity contribution in [2.75, 3.05) is 7.11 Å². The van der Waals surface area contributed by atoms with Crippen LogP contribution in [0.15, 0.2) is 24.3 Å². The third-order valence-electron chi connectivity index (χ3n) is 2.39. The number of ether oxygens (including phenoxy) is 1. The number of carbonyl (C=O) groups is 1. The summed E-state index contributed by atoms with van der Waals surface area (Å²) in [4.78, 5) is 12.2. The molecule has 92 valence electrons. The normalized spacial score (nSPS) is 11.6. The molecule has 0 aliphatic heterocycles. The summed E-state index contributed by atoms with van der Waals surface area (Å²) in [7, 11) is 1.56. The Kier molecular flexibility index (Phi) is 4.90. The van der Waals surface area contributed by atoms with Gasteiger partial charge in [0.25, 0.3) is 5.91 Å². The first-order valence-electron chi connectivity index (χ1n) is 5.32. The lowest BCUT2D eigenvalue weighted by Crippen LogP contribution is -2.42. The van der Waals surface area contributed by atoms with Crippen LogP contribution in [0.5, 0.6) is 5.75 Å². The fraction of sp³-hybridized carbons (Fsp3) is 0.333. The molecule has 5 heteroatoms. The van der Waals surface area contributed by atoms with E-state index in [9.17, 15) is 4.79 Å². The van der Waals surface area contributed by atoms with Crippen molar-refractivity contribution < 1.29 is 9.53 Å². The van der Waals surface area contributed by atoms with Gasteiger partial charge in [-0.1, -0.05) is 25.2 Å². The molecular weight excluding hydrogens is 236 g/mol. The Morgan fingerprint density at radius 2 is 2.29 bits per heavy atom. The molecule has 1 rings (SSSR count). The van der Waals surface area contributed by atoms with E-state index in [1.165, 1.54) is 0 Å². The molecule has 4 nitrogen and oxygen atoms in total. The van der Waals surface area contributed by atoms with E-state index in [4.69, 9.17) is 22.7 Å². The lowest BCUT2D eigenvalue weighted by molar-refractivity contribution is 0.0946. The number of hydrogen-bond donors (Lipinski definition) is 2. The molecule has 3 N–H and O–H groups in total. The average Bonchev–Trinajstić information content (AvgIpc) is 2.35. The van der Waals surface area contributed by atoms with Gasteiger partial charge in [0.05, 0.1) is 18.1 Å². The number of amides is 1. The summed E-state index contributed by atoms with van der Waals surface area (Å²) >= 11 is 4.87. The van der Waals surface area contributed by atoms with E-state index < -0.39 is 0 Å². The second-order valence-corrected chi connectivity index (χ2v) is 4.04. The van der Waals surface area contributed by atoms with E-state index in [1.807, 2.05) is 6.92 Å². The van der Waals surface area contributed by atoms with Gasteiger partial charge in [-0.15, -0.1) is 0 Å². The summed E-state index contributed by atoms with van der Waals surface area (Å²) in [6, 6.07) is 6.65. The fourth-order valence-electron chi connectivity index (χ4n) is 1.38. The molecule has 0 saturated carbocycles. The van der Waals surface area contributed by atoms with Crippen molar-refractivity contribution >= 4 is 23.1 Å². The van der Waals surface area contributed by atoms with E-state index in [-0.39, 0.29) is 11.9 Å². The van der Waals surface area contributed by atoms with Crippen molar-refractivity contribution in [3.05, 3.63) is 29.8 Å². The summed E-state index contributed by atoms with van der Waals surface area (Å²) in [5, 5.41) is 2.77. The molecule has 1 atom stereocenters. The molecule has 0 fully saturated rings. The zero-order valence-electron chi connectivity index (χ0n) is 9.90. The van der Waals surface area contributed by atoms with Crippen LogP contribution in [0.4, 0.5) is 0 Å². The van der Waals surface area contributed by atoms with Gasteiger partial charge in [0.15, 0.2) is 0 Å². The Balaban J connectivity index is 2.78. The monoisotopic (exact) mass is 252 g/mol. The number of nitrogens with two attached hydrogens (primary N) is 1. The smallest absolute Gasteiger partial charge is 0.251 e. The largest absolute Gasteiger partial charge is 0.497 e. The number of benzene rings is 1. The van der Waals surface area contributed by atoms with Crippen LogP contribution in [0.25, 0.3) is 0 Å².